The first-order chi connectivity index (χ1) is 11.3. The molecule has 1 heterocycles. The summed E-state index contributed by atoms with van der Waals surface area (Å²) in [5.41, 5.74) is 0.381. The lowest BCUT2D eigenvalue weighted by Gasteiger charge is -2.24. The molecule has 6 nitrogen and oxygen atoms in total. The van der Waals surface area contributed by atoms with Crippen LogP contribution in [-0.4, -0.2) is 33.3 Å². The van der Waals surface area contributed by atoms with E-state index >= 15 is 0 Å². The maximum absolute atomic E-state index is 12.2. The van der Waals surface area contributed by atoms with E-state index in [1.807, 2.05) is 0 Å². The third-order valence-corrected chi connectivity index (χ3v) is 3.81. The minimum Gasteiger partial charge on any atom is -0.388 e. The molecule has 0 saturated carbocycles. The molecule has 1 aromatic carbocycles. The number of nitrogens with one attached hydrogen (secondary N) is 1. The average molecular weight is 331 g/mol. The van der Waals surface area contributed by atoms with E-state index in [1.54, 1.807) is 38.1 Å². The van der Waals surface area contributed by atoms with Gasteiger partial charge in [-0.05, 0) is 56.9 Å². The van der Waals surface area contributed by atoms with Crippen LogP contribution in [0.1, 0.15) is 49.8 Å². The first-order valence-corrected chi connectivity index (χ1v) is 8.18. The molecule has 1 atom stereocenters. The minimum absolute atomic E-state index is 0.215. The molecule has 1 amide bonds. The Morgan fingerprint density at radius 1 is 1.33 bits per heavy atom. The predicted molar refractivity (Wildman–Crippen MR) is 91.5 cm³/mol. The number of aliphatic hydroxyl groups is 1. The van der Waals surface area contributed by atoms with Gasteiger partial charge in [-0.15, -0.1) is 0 Å². The molecule has 0 saturated heterocycles. The predicted octanol–water partition coefficient (Wildman–Crippen LogP) is 2.96. The van der Waals surface area contributed by atoms with Gasteiger partial charge < -0.3 is 14.9 Å². The summed E-state index contributed by atoms with van der Waals surface area (Å²) in [6.45, 7) is 7.95. The van der Waals surface area contributed by atoms with Gasteiger partial charge in [0.1, 0.15) is 0 Å². The SMILES string of the molecule is Cc1noc(-c2ccc(C(=O)NCC(C)(O)CCC(C)C)cc2)n1. The molecule has 0 bridgehead atoms. The topological polar surface area (TPSA) is 88.2 Å². The summed E-state index contributed by atoms with van der Waals surface area (Å²) in [6.07, 6.45) is 1.57. The van der Waals surface area contributed by atoms with Crippen molar-refractivity contribution in [3.05, 3.63) is 35.7 Å². The van der Waals surface area contributed by atoms with E-state index in [2.05, 4.69) is 29.3 Å². The maximum Gasteiger partial charge on any atom is 0.257 e. The van der Waals surface area contributed by atoms with Crippen LogP contribution in [0, 0.1) is 12.8 Å². The molecule has 0 aliphatic heterocycles. The lowest BCUT2D eigenvalue weighted by atomic mass is 9.95. The van der Waals surface area contributed by atoms with E-state index < -0.39 is 5.60 Å². The van der Waals surface area contributed by atoms with E-state index in [-0.39, 0.29) is 12.5 Å². The van der Waals surface area contributed by atoms with Gasteiger partial charge in [0.15, 0.2) is 5.82 Å². The van der Waals surface area contributed by atoms with Crippen molar-refractivity contribution in [2.75, 3.05) is 6.54 Å². The largest absolute Gasteiger partial charge is 0.388 e. The number of aryl methyl sites for hydroxylation is 1. The van der Waals surface area contributed by atoms with Gasteiger partial charge in [-0.2, -0.15) is 4.98 Å². The molecule has 2 rings (SSSR count). The molecular weight excluding hydrogens is 306 g/mol. The number of nitrogens with zero attached hydrogens (tertiary/aromatic N) is 2. The molecular formula is C18H25N3O3. The number of rotatable bonds is 7. The second-order valence-electron chi connectivity index (χ2n) is 6.84. The third-order valence-electron chi connectivity index (χ3n) is 3.81. The second-order valence-corrected chi connectivity index (χ2v) is 6.84. The van der Waals surface area contributed by atoms with Crippen LogP contribution in [0.4, 0.5) is 0 Å². The Morgan fingerprint density at radius 2 is 2.00 bits per heavy atom. The fraction of sp³-hybridized carbons (Fsp3) is 0.500. The lowest BCUT2D eigenvalue weighted by Crippen LogP contribution is -2.40. The van der Waals surface area contributed by atoms with Crippen LogP contribution in [0.2, 0.25) is 0 Å². The van der Waals surface area contributed by atoms with Crippen LogP contribution in [0.3, 0.4) is 0 Å². The van der Waals surface area contributed by atoms with Crippen LogP contribution in [-0.2, 0) is 0 Å². The zero-order valence-electron chi connectivity index (χ0n) is 14.7. The molecule has 2 aromatic rings. The summed E-state index contributed by atoms with van der Waals surface area (Å²) >= 11 is 0. The van der Waals surface area contributed by atoms with Gasteiger partial charge in [0.05, 0.1) is 5.60 Å². The Bertz CT molecular complexity index is 675. The zero-order chi connectivity index (χ0) is 17.7. The summed E-state index contributed by atoms with van der Waals surface area (Å²) in [7, 11) is 0. The molecule has 0 aliphatic rings. The van der Waals surface area contributed by atoms with Crippen LogP contribution < -0.4 is 5.32 Å². The van der Waals surface area contributed by atoms with E-state index in [4.69, 9.17) is 4.52 Å². The first kappa shape index (κ1) is 18.1. The number of amides is 1. The van der Waals surface area contributed by atoms with Gasteiger partial charge in [-0.3, -0.25) is 4.79 Å². The van der Waals surface area contributed by atoms with Crippen molar-refractivity contribution in [3.63, 3.8) is 0 Å². The number of aromatic nitrogens is 2. The smallest absolute Gasteiger partial charge is 0.257 e. The Kier molecular flexibility index (Phi) is 5.72. The van der Waals surface area contributed by atoms with Crippen LogP contribution >= 0.6 is 0 Å². The van der Waals surface area contributed by atoms with Gasteiger partial charge in [0.25, 0.3) is 11.8 Å². The normalized spacial score (nSPS) is 13.8. The minimum atomic E-state index is -0.902. The van der Waals surface area contributed by atoms with Crippen molar-refractivity contribution >= 4 is 5.91 Å². The van der Waals surface area contributed by atoms with Crippen molar-refractivity contribution in [3.8, 4) is 11.5 Å². The van der Waals surface area contributed by atoms with Crippen molar-refractivity contribution in [1.82, 2.24) is 15.5 Å². The fourth-order valence-electron chi connectivity index (χ4n) is 2.24. The Balaban J connectivity index is 1.93. The molecule has 24 heavy (non-hydrogen) atoms. The van der Waals surface area contributed by atoms with Crippen molar-refractivity contribution in [1.29, 1.82) is 0 Å². The number of carbonyl (C=O) groups is 1. The van der Waals surface area contributed by atoms with Gasteiger partial charge in [-0.1, -0.05) is 19.0 Å². The summed E-state index contributed by atoms with van der Waals surface area (Å²) in [5.74, 6) is 1.30. The van der Waals surface area contributed by atoms with Crippen molar-refractivity contribution in [2.45, 2.75) is 46.1 Å². The van der Waals surface area contributed by atoms with Gasteiger partial charge in [-0.25, -0.2) is 0 Å². The van der Waals surface area contributed by atoms with E-state index in [9.17, 15) is 9.90 Å². The molecule has 2 N–H and O–H groups in total. The summed E-state index contributed by atoms with van der Waals surface area (Å²) in [6, 6.07) is 6.93. The van der Waals surface area contributed by atoms with E-state index in [0.717, 1.165) is 12.0 Å². The Hall–Kier alpha value is -2.21. The zero-order valence-corrected chi connectivity index (χ0v) is 14.7. The molecule has 1 unspecified atom stereocenters. The van der Waals surface area contributed by atoms with E-state index in [1.165, 1.54) is 0 Å². The second kappa shape index (κ2) is 7.57. The first-order valence-electron chi connectivity index (χ1n) is 8.18. The van der Waals surface area contributed by atoms with E-state index in [0.29, 0.717) is 29.6 Å². The highest BCUT2D eigenvalue weighted by Crippen LogP contribution is 2.18. The number of benzene rings is 1. The van der Waals surface area contributed by atoms with Gasteiger partial charge in [0, 0.05) is 17.7 Å². The standard InChI is InChI=1S/C18H25N3O3/c1-12(2)9-10-18(4,23)11-19-16(22)14-5-7-15(8-6-14)17-20-13(3)21-24-17/h5-8,12,23H,9-11H2,1-4H3,(H,19,22). The third kappa shape index (κ3) is 5.16. The Morgan fingerprint density at radius 3 is 2.54 bits per heavy atom. The van der Waals surface area contributed by atoms with Crippen molar-refractivity contribution in [2.24, 2.45) is 5.92 Å². The molecule has 0 spiro atoms. The molecule has 1 aromatic heterocycles. The fourth-order valence-corrected chi connectivity index (χ4v) is 2.24. The summed E-state index contributed by atoms with van der Waals surface area (Å²) in [4.78, 5) is 16.4. The Labute approximate surface area is 142 Å². The van der Waals surface area contributed by atoms with Gasteiger partial charge in [0.2, 0.25) is 0 Å². The summed E-state index contributed by atoms with van der Waals surface area (Å²) in [5, 5.41) is 16.8. The molecule has 130 valence electrons. The van der Waals surface area contributed by atoms with Gasteiger partial charge >= 0.3 is 0 Å². The van der Waals surface area contributed by atoms with Crippen LogP contribution in [0.25, 0.3) is 11.5 Å². The molecule has 6 heteroatoms. The average Bonchev–Trinajstić information content (AvgIpc) is 2.98. The molecule has 0 radical (unpaired) electrons. The van der Waals surface area contributed by atoms with Crippen LogP contribution in [0.15, 0.2) is 28.8 Å². The number of carbonyl (C=O) groups excluding carboxylic acids is 1. The molecule has 0 fully saturated rings. The van der Waals surface area contributed by atoms with Crippen molar-refractivity contribution < 1.29 is 14.4 Å². The maximum atomic E-state index is 12.2. The lowest BCUT2D eigenvalue weighted by molar-refractivity contribution is 0.0429. The highest BCUT2D eigenvalue weighted by molar-refractivity contribution is 5.94. The quantitative estimate of drug-likeness (QED) is 0.814. The highest BCUT2D eigenvalue weighted by atomic mass is 16.5. The highest BCUT2D eigenvalue weighted by Gasteiger charge is 2.21. The molecule has 0 aliphatic carbocycles. The summed E-state index contributed by atoms with van der Waals surface area (Å²) < 4.78 is 5.09. The number of hydrogen-bond acceptors (Lipinski definition) is 5. The van der Waals surface area contributed by atoms with Crippen LogP contribution in [0.5, 0.6) is 0 Å². The monoisotopic (exact) mass is 331 g/mol. The number of hydrogen-bond donors (Lipinski definition) is 2.